The number of nitro groups is 1. The van der Waals surface area contributed by atoms with Crippen LogP contribution in [0.2, 0.25) is 5.02 Å². The van der Waals surface area contributed by atoms with Crippen molar-refractivity contribution in [2.45, 2.75) is 44.1 Å². The van der Waals surface area contributed by atoms with E-state index in [-0.39, 0.29) is 30.7 Å². The zero-order valence-corrected chi connectivity index (χ0v) is 37.6. The van der Waals surface area contributed by atoms with Gasteiger partial charge in [0.2, 0.25) is 5.88 Å². The number of H-pyrrole nitrogens is 1. The molecule has 19 heteroatoms. The van der Waals surface area contributed by atoms with Crippen LogP contribution in [-0.2, 0) is 19.5 Å². The van der Waals surface area contributed by atoms with Gasteiger partial charge >= 0.3 is 0 Å². The highest BCUT2D eigenvalue weighted by atomic mass is 35.5. The van der Waals surface area contributed by atoms with Crippen molar-refractivity contribution in [3.05, 3.63) is 111 Å². The fourth-order valence-electron chi connectivity index (χ4n) is 9.04. The molecule has 4 aliphatic rings. The first kappa shape index (κ1) is 44.4. The smallest absolute Gasteiger partial charge is 0.296 e. The number of aromatic amines is 1. The Labute approximate surface area is 380 Å². The third-order valence-electron chi connectivity index (χ3n) is 12.5. The van der Waals surface area contributed by atoms with E-state index in [1.54, 1.807) is 18.3 Å². The van der Waals surface area contributed by atoms with Gasteiger partial charge in [-0.2, -0.15) is 4.98 Å². The van der Waals surface area contributed by atoms with Crippen LogP contribution < -0.4 is 24.6 Å². The van der Waals surface area contributed by atoms with Gasteiger partial charge in [0.15, 0.2) is 5.82 Å². The Bertz CT molecular complexity index is 2770. The van der Waals surface area contributed by atoms with Crippen LogP contribution in [0.15, 0.2) is 83.4 Å². The monoisotopic (exact) mass is 928 g/mol. The van der Waals surface area contributed by atoms with Gasteiger partial charge in [0, 0.05) is 67.6 Å². The summed E-state index contributed by atoms with van der Waals surface area (Å²) in [5, 5.41) is 16.3. The van der Waals surface area contributed by atoms with Gasteiger partial charge in [-0.05, 0) is 84.3 Å². The number of nitrogens with zero attached hydrogens (tertiary/aromatic N) is 5. The van der Waals surface area contributed by atoms with Gasteiger partial charge < -0.3 is 34.3 Å². The maximum absolute atomic E-state index is 15.6. The molecule has 5 aromatic rings. The number of sulfonamides is 1. The van der Waals surface area contributed by atoms with E-state index < -0.39 is 49.0 Å². The van der Waals surface area contributed by atoms with Crippen molar-refractivity contribution >= 4 is 72.6 Å². The van der Waals surface area contributed by atoms with Gasteiger partial charge in [0.1, 0.15) is 23.6 Å². The second-order valence-corrected chi connectivity index (χ2v) is 19.7. The summed E-state index contributed by atoms with van der Waals surface area (Å²) in [5.41, 5.74) is 5.35. The Morgan fingerprint density at radius 2 is 1.82 bits per heavy atom. The normalized spacial score (nSPS) is 19.2. The number of ether oxygens (including phenoxy) is 3. The van der Waals surface area contributed by atoms with Gasteiger partial charge in [-0.25, -0.2) is 17.5 Å². The van der Waals surface area contributed by atoms with Crippen molar-refractivity contribution in [1.29, 1.82) is 0 Å². The number of carbonyl (C=O) groups excluding carboxylic acids is 1. The van der Waals surface area contributed by atoms with E-state index in [1.807, 2.05) is 35.2 Å². The van der Waals surface area contributed by atoms with Crippen molar-refractivity contribution < 1.29 is 36.7 Å². The number of halogens is 2. The molecule has 0 unspecified atom stereocenters. The fraction of sp³-hybridized carbons (Fsp3) is 0.391. The molecule has 9 rings (SSSR count). The van der Waals surface area contributed by atoms with Crippen LogP contribution in [0.4, 0.5) is 32.8 Å². The minimum absolute atomic E-state index is 0.00262. The number of nitro benzene ring substituents is 1. The Hall–Kier alpha value is -5.79. The zero-order chi connectivity index (χ0) is 45.5. The number of nitrogens with one attached hydrogen (secondary N) is 3. The molecule has 3 N–H and O–H groups in total. The summed E-state index contributed by atoms with van der Waals surface area (Å²) >= 11 is 6.25. The van der Waals surface area contributed by atoms with E-state index in [2.05, 4.69) is 55.8 Å². The number of benzene rings is 3. The Kier molecular flexibility index (Phi) is 12.5. The molecule has 342 valence electrons. The molecule has 5 heterocycles. The van der Waals surface area contributed by atoms with Crippen molar-refractivity contribution in [1.82, 2.24) is 19.6 Å². The number of hydrogen-bond acceptors (Lipinski definition) is 13. The van der Waals surface area contributed by atoms with Crippen molar-refractivity contribution in [3.8, 4) is 5.88 Å². The number of fused-ring (bicyclic) bond motifs is 2. The first-order valence-electron chi connectivity index (χ1n) is 21.7. The molecule has 1 amide bonds. The summed E-state index contributed by atoms with van der Waals surface area (Å²) in [6.07, 6.45) is 4.41. The topological polar surface area (TPSA) is 185 Å². The molecule has 3 aliphatic heterocycles. The predicted molar refractivity (Wildman–Crippen MR) is 246 cm³/mol. The standard InChI is InChI=1S/C46H50ClFN8O8S/c1-46(2)11-9-31(37(25-46)29-3-5-32(47)6-4-29)27-53-13-15-54(16-14-53)33-7-8-36(39(22-33)55-17-18-64-45-41(55)21-30-10-12-49-43(30)51-45)44(57)52-65(60,61)35-23-38(48)42(40(24-35)56(58)59)50-26-34-28-62-19-20-63-34/h3-8,10,12,21-24,34,50H,9,11,13-20,25-28H2,1-2H3,(H,49,51)(H,52,57)/t34-/m1/s1. The van der Waals surface area contributed by atoms with E-state index in [4.69, 9.17) is 25.8 Å². The quantitative estimate of drug-likeness (QED) is 0.0825. The first-order chi connectivity index (χ1) is 31.2. The average molecular weight is 929 g/mol. The molecular weight excluding hydrogens is 879 g/mol. The number of hydrogen-bond donors (Lipinski definition) is 3. The average Bonchev–Trinajstić information content (AvgIpc) is 3.76. The van der Waals surface area contributed by atoms with E-state index in [0.29, 0.717) is 66.8 Å². The second-order valence-electron chi connectivity index (χ2n) is 17.6. The lowest BCUT2D eigenvalue weighted by atomic mass is 9.72. The fourth-order valence-corrected chi connectivity index (χ4v) is 10.2. The number of rotatable bonds is 12. The molecule has 1 aliphatic carbocycles. The van der Waals surface area contributed by atoms with Crippen molar-refractivity contribution in [3.63, 3.8) is 0 Å². The van der Waals surface area contributed by atoms with Gasteiger partial charge in [-0.15, -0.1) is 0 Å². The first-order valence-corrected chi connectivity index (χ1v) is 23.5. The number of amides is 1. The maximum atomic E-state index is 15.6. The van der Waals surface area contributed by atoms with Crippen LogP contribution >= 0.6 is 11.6 Å². The molecule has 0 saturated carbocycles. The minimum atomic E-state index is -4.85. The number of allylic oxidation sites excluding steroid dienone is 1. The lowest BCUT2D eigenvalue weighted by Gasteiger charge is -2.39. The number of piperazine rings is 1. The van der Waals surface area contributed by atoms with Crippen molar-refractivity contribution in [2.75, 3.05) is 87.4 Å². The third-order valence-corrected chi connectivity index (χ3v) is 14.1. The molecule has 0 radical (unpaired) electrons. The van der Waals surface area contributed by atoms with Gasteiger partial charge in [-0.3, -0.25) is 19.8 Å². The van der Waals surface area contributed by atoms with E-state index in [1.165, 1.54) is 16.7 Å². The van der Waals surface area contributed by atoms with E-state index in [9.17, 15) is 23.3 Å². The number of aromatic nitrogens is 2. The largest absolute Gasteiger partial charge is 0.474 e. The predicted octanol–water partition coefficient (Wildman–Crippen LogP) is 7.53. The van der Waals surface area contributed by atoms with Gasteiger partial charge in [-0.1, -0.05) is 43.2 Å². The summed E-state index contributed by atoms with van der Waals surface area (Å²) in [6.45, 7) is 9.94. The number of carbonyl (C=O) groups is 1. The molecule has 0 bridgehead atoms. The highest BCUT2D eigenvalue weighted by Crippen LogP contribution is 2.44. The molecular formula is C46H50ClFN8O8S. The highest BCUT2D eigenvalue weighted by molar-refractivity contribution is 7.90. The molecule has 2 aromatic heterocycles. The van der Waals surface area contributed by atoms with Crippen LogP contribution in [0.1, 0.15) is 49.0 Å². The lowest BCUT2D eigenvalue weighted by Crippen LogP contribution is -2.47. The van der Waals surface area contributed by atoms with Crippen LogP contribution in [-0.4, -0.2) is 112 Å². The highest BCUT2D eigenvalue weighted by Gasteiger charge is 2.33. The molecule has 1 atom stereocenters. The lowest BCUT2D eigenvalue weighted by molar-refractivity contribution is -0.384. The number of anilines is 4. The summed E-state index contributed by atoms with van der Waals surface area (Å²) in [6, 6.07) is 18.5. The van der Waals surface area contributed by atoms with E-state index in [0.717, 1.165) is 56.0 Å². The summed E-state index contributed by atoms with van der Waals surface area (Å²) < 4.78 is 62.2. The zero-order valence-electron chi connectivity index (χ0n) is 36.1. The molecule has 3 aromatic carbocycles. The summed E-state index contributed by atoms with van der Waals surface area (Å²) in [5.74, 6) is -1.87. The molecule has 16 nitrogen and oxygen atoms in total. The molecule has 2 saturated heterocycles. The van der Waals surface area contributed by atoms with Crippen LogP contribution in [0.5, 0.6) is 5.88 Å². The SMILES string of the molecule is CC1(C)CCC(CN2CCN(c3ccc(C(=O)NS(=O)(=O)c4cc(F)c(NC[C@@H]5COCCO5)c([N+](=O)[O-])c4)c(N4CCOc5nc6[nH]ccc6cc54)c3)CC2)=C(c2ccc(Cl)cc2)C1. The second kappa shape index (κ2) is 18.2. The van der Waals surface area contributed by atoms with Crippen molar-refractivity contribution in [2.24, 2.45) is 5.41 Å². The summed E-state index contributed by atoms with van der Waals surface area (Å²) in [7, 11) is -4.85. The maximum Gasteiger partial charge on any atom is 0.296 e. The Balaban J connectivity index is 0.985. The Morgan fingerprint density at radius 3 is 2.57 bits per heavy atom. The summed E-state index contributed by atoms with van der Waals surface area (Å²) in [4.78, 5) is 39.1. The van der Waals surface area contributed by atoms with E-state index >= 15 is 4.39 Å². The molecule has 2 fully saturated rings. The third kappa shape index (κ3) is 9.63. The van der Waals surface area contributed by atoms with Crippen LogP contribution in [0, 0.1) is 21.3 Å². The molecule has 0 spiro atoms. The molecule has 65 heavy (non-hydrogen) atoms. The van der Waals surface area contributed by atoms with Gasteiger partial charge in [0.05, 0.1) is 53.5 Å². The minimum Gasteiger partial charge on any atom is -0.474 e. The number of pyridine rings is 1. The Morgan fingerprint density at radius 1 is 1.02 bits per heavy atom. The van der Waals surface area contributed by atoms with Crippen LogP contribution in [0.25, 0.3) is 16.6 Å². The van der Waals surface area contributed by atoms with Gasteiger partial charge in [0.25, 0.3) is 21.6 Å². The van der Waals surface area contributed by atoms with Crippen LogP contribution in [0.3, 0.4) is 0 Å².